The quantitative estimate of drug-likeness (QED) is 0.794. The molecule has 1 fully saturated rings. The molecule has 0 saturated carbocycles. The molecule has 1 aromatic carbocycles. The summed E-state index contributed by atoms with van der Waals surface area (Å²) in [5.41, 5.74) is 1.14. The molecular formula is C13H18ClNO. The molecule has 1 aliphatic rings. The monoisotopic (exact) mass is 239 g/mol. The molecule has 16 heavy (non-hydrogen) atoms. The van der Waals surface area contributed by atoms with Gasteiger partial charge in [0, 0.05) is 19.2 Å². The van der Waals surface area contributed by atoms with E-state index >= 15 is 0 Å². The maximum Gasteiger partial charge on any atom is 0.120 e. The van der Waals surface area contributed by atoms with Crippen LogP contribution in [0.2, 0.25) is 5.02 Å². The fourth-order valence-electron chi connectivity index (χ4n) is 2.01. The Morgan fingerprint density at radius 1 is 1.31 bits per heavy atom. The van der Waals surface area contributed by atoms with Gasteiger partial charge in [-0.2, -0.15) is 0 Å². The van der Waals surface area contributed by atoms with Crippen LogP contribution in [0.15, 0.2) is 18.2 Å². The van der Waals surface area contributed by atoms with Gasteiger partial charge in [0.25, 0.3) is 0 Å². The van der Waals surface area contributed by atoms with Crippen molar-refractivity contribution in [3.8, 4) is 5.75 Å². The van der Waals surface area contributed by atoms with E-state index in [4.69, 9.17) is 16.3 Å². The normalized spacial score (nSPS) is 15.5. The lowest BCUT2D eigenvalue weighted by Gasteiger charge is -2.19. The first kappa shape index (κ1) is 11.6. The molecule has 0 radical (unpaired) electrons. The lowest BCUT2D eigenvalue weighted by molar-refractivity contribution is 0.317. The van der Waals surface area contributed by atoms with Gasteiger partial charge in [-0.05, 0) is 31.4 Å². The summed E-state index contributed by atoms with van der Waals surface area (Å²) >= 11 is 6.27. The minimum atomic E-state index is 0.749. The predicted octanol–water partition coefficient (Wildman–Crippen LogP) is 3.73. The standard InChI is InChI=1S/C13H18ClNO/c1-2-9-16-11-5-6-13(12(14)10-11)15-7-3-4-8-15/h5-6,10H,2-4,7-9H2,1H3. The minimum absolute atomic E-state index is 0.749. The first-order chi connectivity index (χ1) is 7.81. The summed E-state index contributed by atoms with van der Waals surface area (Å²) in [5.74, 6) is 0.870. The summed E-state index contributed by atoms with van der Waals surface area (Å²) < 4.78 is 5.55. The van der Waals surface area contributed by atoms with E-state index in [0.29, 0.717) is 0 Å². The van der Waals surface area contributed by atoms with Crippen LogP contribution in [0.25, 0.3) is 0 Å². The largest absolute Gasteiger partial charge is 0.494 e. The molecule has 88 valence electrons. The number of hydrogen-bond acceptors (Lipinski definition) is 2. The molecule has 0 aliphatic carbocycles. The first-order valence-electron chi connectivity index (χ1n) is 5.98. The lowest BCUT2D eigenvalue weighted by atomic mass is 10.3. The van der Waals surface area contributed by atoms with Crippen molar-refractivity contribution < 1.29 is 4.74 Å². The SMILES string of the molecule is CCCOc1ccc(N2CCCC2)c(Cl)c1. The van der Waals surface area contributed by atoms with E-state index in [1.165, 1.54) is 12.8 Å². The van der Waals surface area contributed by atoms with Crippen molar-refractivity contribution in [3.63, 3.8) is 0 Å². The Bertz CT molecular complexity index is 348. The number of nitrogens with zero attached hydrogens (tertiary/aromatic N) is 1. The second-order valence-electron chi connectivity index (χ2n) is 4.16. The second kappa shape index (κ2) is 5.44. The van der Waals surface area contributed by atoms with Crippen LogP contribution in [-0.4, -0.2) is 19.7 Å². The topological polar surface area (TPSA) is 12.5 Å². The van der Waals surface area contributed by atoms with E-state index in [0.717, 1.165) is 42.6 Å². The van der Waals surface area contributed by atoms with E-state index in [1.807, 2.05) is 12.1 Å². The third-order valence-corrected chi connectivity index (χ3v) is 3.14. The number of rotatable bonds is 4. The maximum atomic E-state index is 6.27. The molecule has 1 heterocycles. The molecule has 0 bridgehead atoms. The van der Waals surface area contributed by atoms with E-state index in [1.54, 1.807) is 0 Å². The van der Waals surface area contributed by atoms with Gasteiger partial charge in [-0.1, -0.05) is 18.5 Å². The van der Waals surface area contributed by atoms with Gasteiger partial charge in [0.15, 0.2) is 0 Å². The van der Waals surface area contributed by atoms with Crippen LogP contribution in [0.4, 0.5) is 5.69 Å². The van der Waals surface area contributed by atoms with Gasteiger partial charge in [0.05, 0.1) is 17.3 Å². The Kier molecular flexibility index (Phi) is 3.94. The van der Waals surface area contributed by atoms with Crippen molar-refractivity contribution in [2.75, 3.05) is 24.6 Å². The van der Waals surface area contributed by atoms with Crippen molar-refractivity contribution in [2.45, 2.75) is 26.2 Å². The molecule has 2 rings (SSSR count). The van der Waals surface area contributed by atoms with Gasteiger partial charge in [0.1, 0.15) is 5.75 Å². The molecule has 1 saturated heterocycles. The van der Waals surface area contributed by atoms with E-state index in [2.05, 4.69) is 17.9 Å². The number of hydrogen-bond donors (Lipinski definition) is 0. The number of halogens is 1. The molecule has 0 atom stereocenters. The second-order valence-corrected chi connectivity index (χ2v) is 4.56. The zero-order valence-electron chi connectivity index (χ0n) is 9.71. The molecule has 0 N–H and O–H groups in total. The first-order valence-corrected chi connectivity index (χ1v) is 6.36. The zero-order chi connectivity index (χ0) is 11.4. The van der Waals surface area contributed by atoms with E-state index < -0.39 is 0 Å². The average molecular weight is 240 g/mol. The fraction of sp³-hybridized carbons (Fsp3) is 0.538. The molecule has 0 aromatic heterocycles. The van der Waals surface area contributed by atoms with E-state index in [-0.39, 0.29) is 0 Å². The molecule has 1 aliphatic heterocycles. The summed E-state index contributed by atoms with van der Waals surface area (Å²) in [7, 11) is 0. The molecule has 0 unspecified atom stereocenters. The van der Waals surface area contributed by atoms with Gasteiger partial charge in [-0.15, -0.1) is 0 Å². The Balaban J connectivity index is 2.09. The van der Waals surface area contributed by atoms with Crippen molar-refractivity contribution in [1.29, 1.82) is 0 Å². The number of benzene rings is 1. The van der Waals surface area contributed by atoms with Crippen molar-refractivity contribution in [2.24, 2.45) is 0 Å². The molecular weight excluding hydrogens is 222 g/mol. The summed E-state index contributed by atoms with van der Waals surface area (Å²) in [6, 6.07) is 6.00. The Labute approximate surface area is 102 Å². The zero-order valence-corrected chi connectivity index (χ0v) is 10.5. The van der Waals surface area contributed by atoms with Gasteiger partial charge in [-0.25, -0.2) is 0 Å². The Morgan fingerprint density at radius 2 is 2.06 bits per heavy atom. The van der Waals surface area contributed by atoms with Gasteiger partial charge in [0.2, 0.25) is 0 Å². The van der Waals surface area contributed by atoms with Crippen LogP contribution in [-0.2, 0) is 0 Å². The Hall–Kier alpha value is -0.890. The van der Waals surface area contributed by atoms with Gasteiger partial charge < -0.3 is 9.64 Å². The maximum absolute atomic E-state index is 6.27. The molecule has 0 amide bonds. The highest BCUT2D eigenvalue weighted by molar-refractivity contribution is 6.33. The van der Waals surface area contributed by atoms with Gasteiger partial charge in [-0.3, -0.25) is 0 Å². The molecule has 1 aromatic rings. The summed E-state index contributed by atoms with van der Waals surface area (Å²) in [4.78, 5) is 2.34. The third kappa shape index (κ3) is 2.62. The van der Waals surface area contributed by atoms with Crippen LogP contribution in [0, 0.1) is 0 Å². The average Bonchev–Trinajstić information content (AvgIpc) is 2.80. The lowest BCUT2D eigenvalue weighted by Crippen LogP contribution is -2.17. The van der Waals surface area contributed by atoms with Crippen LogP contribution in [0.1, 0.15) is 26.2 Å². The van der Waals surface area contributed by atoms with Crippen molar-refractivity contribution >= 4 is 17.3 Å². The summed E-state index contributed by atoms with van der Waals surface area (Å²) in [6.45, 7) is 5.09. The van der Waals surface area contributed by atoms with Crippen LogP contribution < -0.4 is 9.64 Å². The van der Waals surface area contributed by atoms with Crippen LogP contribution in [0.3, 0.4) is 0 Å². The predicted molar refractivity (Wildman–Crippen MR) is 68.7 cm³/mol. The fourth-order valence-corrected chi connectivity index (χ4v) is 2.30. The molecule has 3 heteroatoms. The highest BCUT2D eigenvalue weighted by Crippen LogP contribution is 2.31. The van der Waals surface area contributed by atoms with Gasteiger partial charge >= 0.3 is 0 Å². The number of anilines is 1. The summed E-state index contributed by atoms with van der Waals surface area (Å²) in [5, 5.41) is 0.801. The molecule has 2 nitrogen and oxygen atoms in total. The third-order valence-electron chi connectivity index (χ3n) is 2.84. The van der Waals surface area contributed by atoms with Crippen LogP contribution >= 0.6 is 11.6 Å². The smallest absolute Gasteiger partial charge is 0.120 e. The van der Waals surface area contributed by atoms with Crippen molar-refractivity contribution in [1.82, 2.24) is 0 Å². The highest BCUT2D eigenvalue weighted by atomic mass is 35.5. The Morgan fingerprint density at radius 3 is 2.69 bits per heavy atom. The van der Waals surface area contributed by atoms with Crippen LogP contribution in [0.5, 0.6) is 5.75 Å². The summed E-state index contributed by atoms with van der Waals surface area (Å²) in [6.07, 6.45) is 3.56. The molecule has 0 spiro atoms. The highest BCUT2D eigenvalue weighted by Gasteiger charge is 2.15. The van der Waals surface area contributed by atoms with E-state index in [9.17, 15) is 0 Å². The minimum Gasteiger partial charge on any atom is -0.494 e. The van der Waals surface area contributed by atoms with Crippen molar-refractivity contribution in [3.05, 3.63) is 23.2 Å². The number of ether oxygens (including phenoxy) is 1.